The summed E-state index contributed by atoms with van der Waals surface area (Å²) in [5.74, 6) is 1.27. The normalized spacial score (nSPS) is 10.7. The molecule has 0 spiro atoms. The lowest BCUT2D eigenvalue weighted by Gasteiger charge is -2.10. The molecule has 0 amide bonds. The Hall–Kier alpha value is -1.88. The van der Waals surface area contributed by atoms with Crippen molar-refractivity contribution in [1.82, 2.24) is 0 Å². The standard InChI is InChI=1S/C16H16BrNO3/c1-11(2)12-4-7-15(8-5-12)21-10-13-3-6-14(18(19)20)9-16(13)17/h3-9,11H,10H2,1-2H3. The predicted octanol–water partition coefficient (Wildman–Crippen LogP) is 5.06. The lowest BCUT2D eigenvalue weighted by atomic mass is 10.0. The first-order valence-electron chi connectivity index (χ1n) is 6.63. The number of rotatable bonds is 5. The molecule has 0 saturated heterocycles. The molecule has 0 unspecified atom stereocenters. The first kappa shape index (κ1) is 15.5. The van der Waals surface area contributed by atoms with Gasteiger partial charge in [0.05, 0.1) is 4.92 Å². The third-order valence-corrected chi connectivity index (χ3v) is 3.93. The van der Waals surface area contributed by atoms with Gasteiger partial charge in [0.1, 0.15) is 12.4 Å². The summed E-state index contributed by atoms with van der Waals surface area (Å²) < 4.78 is 6.38. The van der Waals surface area contributed by atoms with Crippen LogP contribution in [0.1, 0.15) is 30.9 Å². The van der Waals surface area contributed by atoms with Crippen molar-refractivity contribution in [2.24, 2.45) is 0 Å². The van der Waals surface area contributed by atoms with Gasteiger partial charge in [-0.1, -0.05) is 41.9 Å². The number of hydrogen-bond donors (Lipinski definition) is 0. The van der Waals surface area contributed by atoms with E-state index in [-0.39, 0.29) is 5.69 Å². The van der Waals surface area contributed by atoms with Crippen LogP contribution in [0.5, 0.6) is 5.75 Å². The molecule has 0 bridgehead atoms. The average molecular weight is 350 g/mol. The van der Waals surface area contributed by atoms with Crippen LogP contribution in [0, 0.1) is 10.1 Å². The molecule has 0 atom stereocenters. The minimum Gasteiger partial charge on any atom is -0.489 e. The fourth-order valence-electron chi connectivity index (χ4n) is 1.88. The summed E-state index contributed by atoms with van der Waals surface area (Å²) in [5.41, 5.74) is 2.19. The Morgan fingerprint density at radius 3 is 2.38 bits per heavy atom. The predicted molar refractivity (Wildman–Crippen MR) is 85.7 cm³/mol. The molecule has 2 rings (SSSR count). The molecule has 2 aromatic rings. The van der Waals surface area contributed by atoms with Crippen molar-refractivity contribution >= 4 is 21.6 Å². The second kappa shape index (κ2) is 6.72. The zero-order valence-electron chi connectivity index (χ0n) is 11.9. The number of ether oxygens (including phenoxy) is 1. The Morgan fingerprint density at radius 1 is 1.19 bits per heavy atom. The number of hydrogen-bond acceptors (Lipinski definition) is 3. The van der Waals surface area contributed by atoms with Gasteiger partial charge in [0.25, 0.3) is 5.69 Å². The van der Waals surface area contributed by atoms with Crippen molar-refractivity contribution in [1.29, 1.82) is 0 Å². The minimum absolute atomic E-state index is 0.0620. The van der Waals surface area contributed by atoms with E-state index in [1.54, 1.807) is 6.07 Å². The first-order chi connectivity index (χ1) is 9.97. The molecule has 110 valence electrons. The molecule has 4 nitrogen and oxygen atoms in total. The molecule has 0 N–H and O–H groups in total. The zero-order valence-corrected chi connectivity index (χ0v) is 13.5. The van der Waals surface area contributed by atoms with Crippen LogP contribution in [-0.4, -0.2) is 4.92 Å². The summed E-state index contributed by atoms with van der Waals surface area (Å²) in [7, 11) is 0. The van der Waals surface area contributed by atoms with E-state index in [9.17, 15) is 10.1 Å². The molecule has 21 heavy (non-hydrogen) atoms. The summed E-state index contributed by atoms with van der Waals surface area (Å²) in [6, 6.07) is 12.6. The Balaban J connectivity index is 2.04. The topological polar surface area (TPSA) is 52.4 Å². The molecule has 0 radical (unpaired) electrons. The monoisotopic (exact) mass is 349 g/mol. The zero-order chi connectivity index (χ0) is 15.4. The van der Waals surface area contributed by atoms with Crippen LogP contribution in [0.15, 0.2) is 46.9 Å². The molecule has 0 aliphatic heterocycles. The summed E-state index contributed by atoms with van der Waals surface area (Å²) >= 11 is 3.34. The summed E-state index contributed by atoms with van der Waals surface area (Å²) in [4.78, 5) is 10.3. The highest BCUT2D eigenvalue weighted by molar-refractivity contribution is 9.10. The van der Waals surface area contributed by atoms with Gasteiger partial charge in [0.15, 0.2) is 0 Å². The number of non-ortho nitro benzene ring substituents is 1. The van der Waals surface area contributed by atoms with Crippen LogP contribution < -0.4 is 4.74 Å². The number of nitro benzene ring substituents is 1. The smallest absolute Gasteiger partial charge is 0.270 e. The van der Waals surface area contributed by atoms with Crippen LogP contribution in [0.3, 0.4) is 0 Å². The lowest BCUT2D eigenvalue weighted by Crippen LogP contribution is -1.98. The largest absolute Gasteiger partial charge is 0.489 e. The SMILES string of the molecule is CC(C)c1ccc(OCc2ccc([N+](=O)[O-])cc2Br)cc1. The van der Waals surface area contributed by atoms with E-state index in [1.165, 1.54) is 17.7 Å². The summed E-state index contributed by atoms with van der Waals surface area (Å²) in [5, 5.41) is 10.7. The molecule has 0 heterocycles. The molecule has 0 fully saturated rings. The van der Waals surface area contributed by atoms with Gasteiger partial charge in [0.2, 0.25) is 0 Å². The lowest BCUT2D eigenvalue weighted by molar-refractivity contribution is -0.384. The van der Waals surface area contributed by atoms with Crippen molar-refractivity contribution in [3.63, 3.8) is 0 Å². The molecule has 0 saturated carbocycles. The number of nitrogens with zero attached hydrogens (tertiary/aromatic N) is 1. The Morgan fingerprint density at radius 2 is 1.86 bits per heavy atom. The van der Waals surface area contributed by atoms with Gasteiger partial charge in [-0.15, -0.1) is 0 Å². The highest BCUT2D eigenvalue weighted by Gasteiger charge is 2.09. The number of halogens is 1. The number of benzene rings is 2. The summed E-state index contributed by atoms with van der Waals surface area (Å²) in [6.45, 7) is 4.65. The van der Waals surface area contributed by atoms with E-state index in [1.807, 2.05) is 24.3 Å². The van der Waals surface area contributed by atoms with E-state index in [4.69, 9.17) is 4.74 Å². The van der Waals surface area contributed by atoms with Crippen LogP contribution >= 0.6 is 15.9 Å². The van der Waals surface area contributed by atoms with Gasteiger partial charge in [-0.3, -0.25) is 10.1 Å². The van der Waals surface area contributed by atoms with Gasteiger partial charge in [-0.2, -0.15) is 0 Å². The molecule has 0 aliphatic carbocycles. The Labute approximate surface area is 132 Å². The molecular formula is C16H16BrNO3. The Bertz CT molecular complexity index is 638. The van der Waals surface area contributed by atoms with E-state index in [0.29, 0.717) is 17.0 Å². The van der Waals surface area contributed by atoms with Crippen molar-refractivity contribution in [2.75, 3.05) is 0 Å². The van der Waals surface area contributed by atoms with Gasteiger partial charge < -0.3 is 4.74 Å². The van der Waals surface area contributed by atoms with Gasteiger partial charge >= 0.3 is 0 Å². The van der Waals surface area contributed by atoms with Gasteiger partial charge in [-0.25, -0.2) is 0 Å². The second-order valence-electron chi connectivity index (χ2n) is 5.05. The Kier molecular flexibility index (Phi) is 4.96. The quantitative estimate of drug-likeness (QED) is 0.559. The van der Waals surface area contributed by atoms with Crippen molar-refractivity contribution in [2.45, 2.75) is 26.4 Å². The van der Waals surface area contributed by atoms with Crippen LogP contribution in [0.2, 0.25) is 0 Å². The summed E-state index contributed by atoms with van der Waals surface area (Å²) in [6.07, 6.45) is 0. The van der Waals surface area contributed by atoms with Crippen molar-refractivity contribution < 1.29 is 9.66 Å². The highest BCUT2D eigenvalue weighted by atomic mass is 79.9. The third kappa shape index (κ3) is 4.04. The van der Waals surface area contributed by atoms with Crippen LogP contribution in [0.25, 0.3) is 0 Å². The van der Waals surface area contributed by atoms with Gasteiger partial charge in [-0.05, 0) is 29.7 Å². The van der Waals surface area contributed by atoms with E-state index < -0.39 is 4.92 Å². The first-order valence-corrected chi connectivity index (χ1v) is 7.42. The molecule has 2 aromatic carbocycles. The third-order valence-electron chi connectivity index (χ3n) is 3.19. The van der Waals surface area contributed by atoms with Crippen molar-refractivity contribution in [3.05, 3.63) is 68.2 Å². The van der Waals surface area contributed by atoms with E-state index in [2.05, 4.69) is 29.8 Å². The maximum Gasteiger partial charge on any atom is 0.270 e. The fourth-order valence-corrected chi connectivity index (χ4v) is 2.36. The van der Waals surface area contributed by atoms with Crippen LogP contribution in [-0.2, 0) is 6.61 Å². The molecule has 0 aliphatic rings. The maximum atomic E-state index is 10.7. The van der Waals surface area contributed by atoms with E-state index in [0.717, 1.165) is 11.3 Å². The minimum atomic E-state index is -0.417. The fraction of sp³-hybridized carbons (Fsp3) is 0.250. The van der Waals surface area contributed by atoms with Gasteiger partial charge in [0, 0.05) is 22.2 Å². The average Bonchev–Trinajstić information content (AvgIpc) is 2.46. The molecule has 0 aromatic heterocycles. The molecular weight excluding hydrogens is 334 g/mol. The maximum absolute atomic E-state index is 10.7. The molecule has 5 heteroatoms. The van der Waals surface area contributed by atoms with E-state index >= 15 is 0 Å². The van der Waals surface area contributed by atoms with Crippen molar-refractivity contribution in [3.8, 4) is 5.75 Å². The van der Waals surface area contributed by atoms with Crippen LogP contribution in [0.4, 0.5) is 5.69 Å². The second-order valence-corrected chi connectivity index (χ2v) is 5.90. The highest BCUT2D eigenvalue weighted by Crippen LogP contribution is 2.25. The number of nitro groups is 1.